The third kappa shape index (κ3) is 4.75. The molecule has 0 aliphatic carbocycles. The van der Waals surface area contributed by atoms with Crippen LogP contribution >= 0.6 is 0 Å². The highest BCUT2D eigenvalue weighted by Gasteiger charge is 2.15. The van der Waals surface area contributed by atoms with Gasteiger partial charge in [0, 0.05) is 6.92 Å². The molecule has 0 heterocycles. The summed E-state index contributed by atoms with van der Waals surface area (Å²) in [4.78, 5) is 26.3. The fourth-order valence-electron chi connectivity index (χ4n) is 0.899. The van der Waals surface area contributed by atoms with E-state index in [0.29, 0.717) is 0 Å². The van der Waals surface area contributed by atoms with Gasteiger partial charge in [-0.25, -0.2) is 4.99 Å². The normalized spacial score (nSPS) is 11.5. The Balaban J connectivity index is 4.93. The van der Waals surface area contributed by atoms with Gasteiger partial charge in [-0.3, -0.25) is 14.5 Å². The molecule has 0 radical (unpaired) electrons. The molecule has 0 aliphatic heterocycles. The van der Waals surface area contributed by atoms with E-state index in [2.05, 4.69) is 11.7 Å². The summed E-state index contributed by atoms with van der Waals surface area (Å²) >= 11 is 0. The zero-order valence-corrected chi connectivity index (χ0v) is 8.80. The molecule has 0 aromatic carbocycles. The van der Waals surface area contributed by atoms with Gasteiger partial charge in [0.05, 0.1) is 0 Å². The van der Waals surface area contributed by atoms with E-state index in [4.69, 9.17) is 5.11 Å². The molecule has 82 valence electrons. The molecular formula is C10H14N2O3. The summed E-state index contributed by atoms with van der Waals surface area (Å²) in [5.41, 5.74) is 0. The molecule has 0 fully saturated rings. The van der Waals surface area contributed by atoms with Gasteiger partial charge in [0.2, 0.25) is 5.91 Å². The highest BCUT2D eigenvalue weighted by molar-refractivity contribution is 5.81. The number of amides is 1. The van der Waals surface area contributed by atoms with E-state index >= 15 is 0 Å². The van der Waals surface area contributed by atoms with E-state index in [-0.39, 0.29) is 11.7 Å². The van der Waals surface area contributed by atoms with Crippen LogP contribution in [0.4, 0.5) is 0 Å². The molecule has 1 N–H and O–H groups in total. The molecule has 0 aromatic rings. The smallest absolute Gasteiger partial charge is 0.323 e. The Morgan fingerprint density at radius 2 is 2.13 bits per heavy atom. The van der Waals surface area contributed by atoms with E-state index in [1.807, 2.05) is 0 Å². The van der Waals surface area contributed by atoms with Gasteiger partial charge in [-0.15, -0.1) is 0 Å². The number of allylic oxidation sites excluding steroid dienone is 3. The molecule has 1 amide bonds. The van der Waals surface area contributed by atoms with Crippen LogP contribution in [-0.2, 0) is 9.59 Å². The lowest BCUT2D eigenvalue weighted by molar-refractivity contribution is -0.142. The molecule has 5 heteroatoms. The number of hydrogen-bond acceptors (Lipinski definition) is 3. The number of carbonyl (C=O) groups is 2. The van der Waals surface area contributed by atoms with Crippen LogP contribution in [0.25, 0.3) is 0 Å². The van der Waals surface area contributed by atoms with Crippen LogP contribution in [0, 0.1) is 0 Å². The Morgan fingerprint density at radius 1 is 1.53 bits per heavy atom. The Labute approximate surface area is 88.4 Å². The maximum Gasteiger partial charge on any atom is 0.323 e. The summed E-state index contributed by atoms with van der Waals surface area (Å²) in [6.45, 7) is 5.94. The van der Waals surface area contributed by atoms with Crippen molar-refractivity contribution < 1.29 is 14.7 Å². The second-order valence-electron chi connectivity index (χ2n) is 2.71. The molecule has 0 unspecified atom stereocenters. The number of carboxylic acids is 1. The Kier molecular flexibility index (Phi) is 5.70. The van der Waals surface area contributed by atoms with Gasteiger partial charge in [0.25, 0.3) is 0 Å². The van der Waals surface area contributed by atoms with Crippen molar-refractivity contribution in [1.29, 1.82) is 0 Å². The number of rotatable bonds is 5. The maximum absolute atomic E-state index is 11.2. The minimum absolute atomic E-state index is 0.225. The van der Waals surface area contributed by atoms with Gasteiger partial charge in [0.15, 0.2) is 0 Å². The lowest BCUT2D eigenvalue weighted by Crippen LogP contribution is -2.32. The monoisotopic (exact) mass is 210 g/mol. The molecule has 0 saturated heterocycles. The van der Waals surface area contributed by atoms with Crippen LogP contribution in [0.2, 0.25) is 0 Å². The van der Waals surface area contributed by atoms with Crippen LogP contribution in [0.15, 0.2) is 29.0 Å². The van der Waals surface area contributed by atoms with Crippen LogP contribution in [-0.4, -0.2) is 35.1 Å². The summed E-state index contributed by atoms with van der Waals surface area (Å²) in [7, 11) is 0. The van der Waals surface area contributed by atoms with Crippen molar-refractivity contribution in [2.24, 2.45) is 4.99 Å². The van der Waals surface area contributed by atoms with Crippen molar-refractivity contribution in [3.05, 3.63) is 24.0 Å². The van der Waals surface area contributed by atoms with Crippen molar-refractivity contribution in [3.8, 4) is 0 Å². The summed E-state index contributed by atoms with van der Waals surface area (Å²) in [5, 5.41) is 8.60. The average molecular weight is 210 g/mol. The van der Waals surface area contributed by atoms with Crippen molar-refractivity contribution in [2.75, 3.05) is 6.54 Å². The van der Waals surface area contributed by atoms with Crippen LogP contribution < -0.4 is 0 Å². The second kappa shape index (κ2) is 6.53. The molecule has 0 bridgehead atoms. The minimum atomic E-state index is -1.10. The van der Waals surface area contributed by atoms with Crippen LogP contribution in [0.1, 0.15) is 13.8 Å². The van der Waals surface area contributed by atoms with Gasteiger partial charge in [-0.05, 0) is 19.7 Å². The van der Waals surface area contributed by atoms with Crippen molar-refractivity contribution in [3.63, 3.8) is 0 Å². The average Bonchev–Trinajstić information content (AvgIpc) is 2.16. The van der Waals surface area contributed by atoms with Gasteiger partial charge in [-0.2, -0.15) is 0 Å². The van der Waals surface area contributed by atoms with Gasteiger partial charge in [-0.1, -0.05) is 12.2 Å². The molecule has 0 spiro atoms. The molecule has 0 rings (SSSR count). The van der Waals surface area contributed by atoms with E-state index in [0.717, 1.165) is 4.90 Å². The van der Waals surface area contributed by atoms with Gasteiger partial charge >= 0.3 is 5.97 Å². The maximum atomic E-state index is 11.2. The quantitative estimate of drug-likeness (QED) is 0.544. The van der Waals surface area contributed by atoms with Crippen LogP contribution in [0.5, 0.6) is 0 Å². The van der Waals surface area contributed by atoms with E-state index in [9.17, 15) is 9.59 Å². The molecular weight excluding hydrogens is 196 g/mol. The molecule has 0 atom stereocenters. The number of aliphatic imine (C=N–C) groups is 1. The summed E-state index contributed by atoms with van der Waals surface area (Å²) in [6.07, 6.45) is 4.92. The zero-order valence-electron chi connectivity index (χ0n) is 8.80. The standard InChI is InChI=1S/C10H14N2O3/c1-4-5-6-9(11-3)12(8(2)13)7-10(14)15/h4-6H,3,7H2,1-2H3,(H,14,15)/b5-4-,9-6+. The topological polar surface area (TPSA) is 70.0 Å². The predicted octanol–water partition coefficient (Wildman–Crippen LogP) is 1.04. The van der Waals surface area contributed by atoms with E-state index in [1.165, 1.54) is 13.0 Å². The highest BCUT2D eigenvalue weighted by Crippen LogP contribution is 2.06. The fraction of sp³-hybridized carbons (Fsp3) is 0.300. The first-order valence-corrected chi connectivity index (χ1v) is 4.32. The van der Waals surface area contributed by atoms with Crippen molar-refractivity contribution in [2.45, 2.75) is 13.8 Å². The first-order valence-electron chi connectivity index (χ1n) is 4.32. The fourth-order valence-corrected chi connectivity index (χ4v) is 0.899. The second-order valence-corrected chi connectivity index (χ2v) is 2.71. The van der Waals surface area contributed by atoms with Crippen LogP contribution in [0.3, 0.4) is 0 Å². The lowest BCUT2D eigenvalue weighted by Gasteiger charge is -2.18. The summed E-state index contributed by atoms with van der Waals surface area (Å²) in [5.74, 6) is -1.26. The minimum Gasteiger partial charge on any atom is -0.480 e. The Bertz CT molecular complexity index is 319. The van der Waals surface area contributed by atoms with E-state index in [1.54, 1.807) is 19.1 Å². The number of nitrogens with zero attached hydrogens (tertiary/aromatic N) is 2. The van der Waals surface area contributed by atoms with Gasteiger partial charge < -0.3 is 5.11 Å². The third-order valence-corrected chi connectivity index (χ3v) is 1.55. The molecule has 15 heavy (non-hydrogen) atoms. The van der Waals surface area contributed by atoms with Crippen molar-refractivity contribution >= 4 is 18.6 Å². The SMILES string of the molecule is C=N/C(=C\C=C/C)N(CC(=O)O)C(C)=O. The molecule has 0 saturated carbocycles. The first-order chi connectivity index (χ1) is 7.02. The number of carboxylic acid groups (broad SMARTS) is 1. The Morgan fingerprint density at radius 3 is 2.47 bits per heavy atom. The largest absolute Gasteiger partial charge is 0.480 e. The highest BCUT2D eigenvalue weighted by atomic mass is 16.4. The number of aliphatic carboxylic acids is 1. The van der Waals surface area contributed by atoms with E-state index < -0.39 is 12.5 Å². The number of carbonyl (C=O) groups excluding carboxylic acids is 1. The predicted molar refractivity (Wildman–Crippen MR) is 57.5 cm³/mol. The Hall–Kier alpha value is -1.91. The molecule has 0 aliphatic rings. The molecule has 5 nitrogen and oxygen atoms in total. The summed E-state index contributed by atoms with van der Waals surface area (Å²) < 4.78 is 0. The zero-order chi connectivity index (χ0) is 11.8. The summed E-state index contributed by atoms with van der Waals surface area (Å²) in [6, 6.07) is 0. The number of hydrogen-bond donors (Lipinski definition) is 1. The third-order valence-electron chi connectivity index (χ3n) is 1.55. The van der Waals surface area contributed by atoms with Crippen molar-refractivity contribution in [1.82, 2.24) is 4.90 Å². The first kappa shape index (κ1) is 13.1. The van der Waals surface area contributed by atoms with Gasteiger partial charge in [0.1, 0.15) is 12.4 Å². The molecule has 0 aromatic heterocycles. The lowest BCUT2D eigenvalue weighted by atomic mass is 10.4.